The molecule has 1 saturated carbocycles. The largest absolute Gasteiger partial charge is 0.374 e. The smallest absolute Gasteiger partial charge is 0.269 e. The van der Waals surface area contributed by atoms with Crippen LogP contribution in [0.4, 0.5) is 5.69 Å². The number of hydrogen-bond acceptors (Lipinski definition) is 5. The summed E-state index contributed by atoms with van der Waals surface area (Å²) in [6, 6.07) is 6.59. The number of nitro groups is 1. The van der Waals surface area contributed by atoms with E-state index in [1.807, 2.05) is 6.07 Å². The van der Waals surface area contributed by atoms with Crippen LogP contribution in [0.15, 0.2) is 24.3 Å². The number of hydrogen-bond donors (Lipinski definition) is 0. The minimum atomic E-state index is -0.386. The van der Waals surface area contributed by atoms with Crippen molar-refractivity contribution in [2.24, 2.45) is 0 Å². The molecule has 2 fully saturated rings. The number of rotatable bonds is 4. The van der Waals surface area contributed by atoms with Crippen molar-refractivity contribution in [2.45, 2.75) is 44.2 Å². The molecule has 0 unspecified atom stereocenters. The van der Waals surface area contributed by atoms with Crippen molar-refractivity contribution in [1.82, 2.24) is 0 Å². The Morgan fingerprint density at radius 1 is 1.29 bits per heavy atom. The fraction of sp³-hybridized carbons (Fsp3) is 0.600. The predicted molar refractivity (Wildman–Crippen MR) is 74.8 cm³/mol. The molecule has 1 spiro atoms. The van der Waals surface area contributed by atoms with E-state index in [1.54, 1.807) is 12.1 Å². The van der Waals surface area contributed by atoms with E-state index in [1.165, 1.54) is 6.07 Å². The first-order valence-electron chi connectivity index (χ1n) is 7.30. The molecular weight excluding hydrogens is 274 g/mol. The lowest BCUT2D eigenvalue weighted by molar-refractivity contribution is -0.385. The van der Waals surface area contributed by atoms with E-state index in [0.29, 0.717) is 19.8 Å². The SMILES string of the molecule is O=[N+]([O-])c1cccc(COC2CCC3(CC2)OCCO3)c1. The van der Waals surface area contributed by atoms with E-state index < -0.39 is 0 Å². The van der Waals surface area contributed by atoms with Crippen LogP contribution in [0.3, 0.4) is 0 Å². The molecule has 0 radical (unpaired) electrons. The van der Waals surface area contributed by atoms with Crippen LogP contribution in [-0.4, -0.2) is 30.0 Å². The number of benzene rings is 1. The third kappa shape index (κ3) is 3.40. The summed E-state index contributed by atoms with van der Waals surface area (Å²) in [6.07, 6.45) is 3.67. The molecule has 1 aliphatic carbocycles. The van der Waals surface area contributed by atoms with Gasteiger partial charge in [0.25, 0.3) is 5.69 Å². The van der Waals surface area contributed by atoms with Crippen molar-refractivity contribution >= 4 is 5.69 Å². The summed E-state index contributed by atoms with van der Waals surface area (Å²) in [5.74, 6) is -0.370. The summed E-state index contributed by atoms with van der Waals surface area (Å²) in [6.45, 7) is 1.76. The van der Waals surface area contributed by atoms with Crippen molar-refractivity contribution < 1.29 is 19.1 Å². The molecule has 0 atom stereocenters. The van der Waals surface area contributed by atoms with Crippen LogP contribution in [0.2, 0.25) is 0 Å². The van der Waals surface area contributed by atoms with Gasteiger partial charge in [0.05, 0.1) is 30.8 Å². The normalized spacial score (nSPS) is 21.7. The van der Waals surface area contributed by atoms with Gasteiger partial charge >= 0.3 is 0 Å². The molecule has 1 aromatic carbocycles. The van der Waals surface area contributed by atoms with Crippen molar-refractivity contribution in [2.75, 3.05) is 13.2 Å². The van der Waals surface area contributed by atoms with Gasteiger partial charge in [0.15, 0.2) is 5.79 Å². The molecule has 0 bridgehead atoms. The van der Waals surface area contributed by atoms with Gasteiger partial charge in [0.2, 0.25) is 0 Å². The van der Waals surface area contributed by atoms with Gasteiger partial charge < -0.3 is 14.2 Å². The quantitative estimate of drug-likeness (QED) is 0.630. The van der Waals surface area contributed by atoms with Crippen molar-refractivity contribution in [3.63, 3.8) is 0 Å². The Balaban J connectivity index is 1.50. The topological polar surface area (TPSA) is 70.8 Å². The maximum Gasteiger partial charge on any atom is 0.269 e. The second kappa shape index (κ2) is 6.09. The summed E-state index contributed by atoms with van der Waals surface area (Å²) >= 11 is 0. The molecule has 1 heterocycles. The van der Waals surface area contributed by atoms with Crippen LogP contribution in [0.25, 0.3) is 0 Å². The summed E-state index contributed by atoms with van der Waals surface area (Å²) in [5.41, 5.74) is 0.935. The molecule has 3 rings (SSSR count). The standard InChI is InChI=1S/C15H19NO5/c17-16(18)13-3-1-2-12(10-13)11-19-14-4-6-15(7-5-14)20-8-9-21-15/h1-3,10,14H,4-9,11H2. The Morgan fingerprint density at radius 3 is 2.67 bits per heavy atom. The summed E-state index contributed by atoms with van der Waals surface area (Å²) in [5, 5.41) is 10.7. The highest BCUT2D eigenvalue weighted by Crippen LogP contribution is 2.36. The molecule has 0 N–H and O–H groups in total. The molecule has 0 aromatic heterocycles. The Labute approximate surface area is 123 Å². The van der Waals surface area contributed by atoms with E-state index in [4.69, 9.17) is 14.2 Å². The fourth-order valence-electron chi connectivity index (χ4n) is 2.96. The molecule has 6 nitrogen and oxygen atoms in total. The molecule has 21 heavy (non-hydrogen) atoms. The first kappa shape index (κ1) is 14.4. The summed E-state index contributed by atoms with van der Waals surface area (Å²) < 4.78 is 17.2. The van der Waals surface area contributed by atoms with E-state index in [-0.39, 0.29) is 22.5 Å². The van der Waals surface area contributed by atoms with Gasteiger partial charge in [-0.15, -0.1) is 0 Å². The van der Waals surface area contributed by atoms with Crippen LogP contribution in [0, 0.1) is 10.1 Å². The van der Waals surface area contributed by atoms with Gasteiger partial charge in [-0.25, -0.2) is 0 Å². The molecule has 114 valence electrons. The second-order valence-corrected chi connectivity index (χ2v) is 5.54. The van der Waals surface area contributed by atoms with Crippen molar-refractivity contribution in [1.29, 1.82) is 0 Å². The monoisotopic (exact) mass is 293 g/mol. The summed E-state index contributed by atoms with van der Waals surface area (Å²) in [4.78, 5) is 10.4. The van der Waals surface area contributed by atoms with Crippen molar-refractivity contribution in [3.8, 4) is 0 Å². The van der Waals surface area contributed by atoms with Gasteiger partial charge in [-0.2, -0.15) is 0 Å². The lowest BCUT2D eigenvalue weighted by atomic mass is 9.92. The Hall–Kier alpha value is -1.50. The average molecular weight is 293 g/mol. The van der Waals surface area contributed by atoms with Crippen LogP contribution in [-0.2, 0) is 20.8 Å². The van der Waals surface area contributed by atoms with Crippen LogP contribution in [0.5, 0.6) is 0 Å². The van der Waals surface area contributed by atoms with Gasteiger partial charge in [-0.1, -0.05) is 12.1 Å². The molecule has 6 heteroatoms. The lowest BCUT2D eigenvalue weighted by Gasteiger charge is -2.35. The number of nitrogens with zero attached hydrogens (tertiary/aromatic N) is 1. The minimum absolute atomic E-state index is 0.103. The van der Waals surface area contributed by atoms with Gasteiger partial charge in [0.1, 0.15) is 0 Å². The highest BCUT2D eigenvalue weighted by molar-refractivity contribution is 5.33. The zero-order valence-corrected chi connectivity index (χ0v) is 11.8. The number of ether oxygens (including phenoxy) is 3. The number of nitro benzene ring substituents is 1. The van der Waals surface area contributed by atoms with Crippen LogP contribution >= 0.6 is 0 Å². The van der Waals surface area contributed by atoms with E-state index >= 15 is 0 Å². The first-order chi connectivity index (χ1) is 10.2. The van der Waals surface area contributed by atoms with Gasteiger partial charge in [-0.3, -0.25) is 10.1 Å². The zero-order valence-electron chi connectivity index (χ0n) is 11.8. The maximum absolute atomic E-state index is 10.7. The van der Waals surface area contributed by atoms with Gasteiger partial charge in [-0.05, 0) is 18.4 Å². The highest BCUT2D eigenvalue weighted by atomic mass is 16.7. The van der Waals surface area contributed by atoms with Gasteiger partial charge in [0, 0.05) is 25.0 Å². The molecule has 1 aromatic rings. The third-order valence-electron chi connectivity index (χ3n) is 4.12. The maximum atomic E-state index is 10.7. The van der Waals surface area contributed by atoms with Crippen molar-refractivity contribution in [3.05, 3.63) is 39.9 Å². The molecule has 0 amide bonds. The van der Waals surface area contributed by atoms with E-state index in [2.05, 4.69) is 0 Å². The fourth-order valence-corrected chi connectivity index (χ4v) is 2.96. The Kier molecular flexibility index (Phi) is 4.19. The third-order valence-corrected chi connectivity index (χ3v) is 4.12. The average Bonchev–Trinajstić information content (AvgIpc) is 2.95. The molecule has 1 aliphatic heterocycles. The van der Waals surface area contributed by atoms with E-state index in [0.717, 1.165) is 31.2 Å². The Bertz CT molecular complexity index is 503. The Morgan fingerprint density at radius 2 is 2.00 bits per heavy atom. The molecular formula is C15H19NO5. The van der Waals surface area contributed by atoms with Crippen LogP contribution < -0.4 is 0 Å². The second-order valence-electron chi connectivity index (χ2n) is 5.54. The van der Waals surface area contributed by atoms with E-state index in [9.17, 15) is 10.1 Å². The number of non-ortho nitro benzene ring substituents is 1. The lowest BCUT2D eigenvalue weighted by Crippen LogP contribution is -2.37. The molecule has 1 saturated heterocycles. The van der Waals surface area contributed by atoms with Crippen LogP contribution in [0.1, 0.15) is 31.2 Å². The predicted octanol–water partition coefficient (Wildman–Crippen LogP) is 2.80. The first-order valence-corrected chi connectivity index (χ1v) is 7.30. The summed E-state index contributed by atoms with van der Waals surface area (Å²) in [7, 11) is 0. The zero-order chi connectivity index (χ0) is 14.7. The molecule has 2 aliphatic rings. The minimum Gasteiger partial charge on any atom is -0.374 e. The highest BCUT2D eigenvalue weighted by Gasteiger charge is 2.40.